The number of rotatable bonds is 4. The maximum atomic E-state index is 11.0. The maximum Gasteiger partial charge on any atom is 0.234 e. The van der Waals surface area contributed by atoms with E-state index < -0.39 is 11.9 Å². The average Bonchev–Trinajstić information content (AvgIpc) is 2.71. The zero-order valence-corrected chi connectivity index (χ0v) is 6.75. The molecule has 0 aromatic heterocycles. The summed E-state index contributed by atoms with van der Waals surface area (Å²) >= 11 is 0. The zero-order valence-electron chi connectivity index (χ0n) is 6.75. The van der Waals surface area contributed by atoms with Gasteiger partial charge >= 0.3 is 0 Å². The van der Waals surface area contributed by atoms with Crippen LogP contribution in [-0.2, 0) is 9.59 Å². The van der Waals surface area contributed by atoms with Gasteiger partial charge in [0, 0.05) is 6.04 Å². The Morgan fingerprint density at radius 1 is 1.50 bits per heavy atom. The number of hydrogen-bond donors (Lipinski definition) is 3. The summed E-state index contributed by atoms with van der Waals surface area (Å²) in [6.45, 7) is 0. The van der Waals surface area contributed by atoms with Crippen LogP contribution in [0.1, 0.15) is 19.3 Å². The van der Waals surface area contributed by atoms with Crippen molar-refractivity contribution < 1.29 is 9.59 Å². The highest BCUT2D eigenvalue weighted by molar-refractivity contribution is 5.87. The second-order valence-corrected chi connectivity index (χ2v) is 3.05. The molecule has 68 valence electrons. The monoisotopic (exact) mass is 171 g/mol. The summed E-state index contributed by atoms with van der Waals surface area (Å²) in [6, 6.07) is -0.554. The van der Waals surface area contributed by atoms with Crippen molar-refractivity contribution in [3.05, 3.63) is 0 Å². The van der Waals surface area contributed by atoms with E-state index >= 15 is 0 Å². The Morgan fingerprint density at radius 3 is 2.50 bits per heavy atom. The molecule has 1 aliphatic carbocycles. The third kappa shape index (κ3) is 2.87. The number of carbonyl (C=O) groups excluding carboxylic acids is 2. The first kappa shape index (κ1) is 8.99. The van der Waals surface area contributed by atoms with Gasteiger partial charge in [-0.2, -0.15) is 0 Å². The minimum absolute atomic E-state index is 0.00810. The van der Waals surface area contributed by atoms with Crippen molar-refractivity contribution in [2.75, 3.05) is 0 Å². The van der Waals surface area contributed by atoms with Gasteiger partial charge in [0.2, 0.25) is 11.8 Å². The van der Waals surface area contributed by atoms with Crippen molar-refractivity contribution in [2.24, 2.45) is 11.5 Å². The molecule has 1 rings (SSSR count). The minimum Gasteiger partial charge on any atom is -0.368 e. The van der Waals surface area contributed by atoms with E-state index in [2.05, 4.69) is 5.32 Å². The summed E-state index contributed by atoms with van der Waals surface area (Å²) in [4.78, 5) is 21.5. The van der Waals surface area contributed by atoms with Crippen molar-refractivity contribution in [2.45, 2.75) is 31.3 Å². The Bertz CT molecular complexity index is 201. The van der Waals surface area contributed by atoms with Gasteiger partial charge in [-0.15, -0.1) is 0 Å². The van der Waals surface area contributed by atoms with E-state index in [1.807, 2.05) is 0 Å². The van der Waals surface area contributed by atoms with Crippen LogP contribution in [0.25, 0.3) is 0 Å². The molecular formula is C7H13N3O2. The summed E-state index contributed by atoms with van der Waals surface area (Å²) in [5.41, 5.74) is 10.2. The zero-order chi connectivity index (χ0) is 9.14. The van der Waals surface area contributed by atoms with Crippen LogP contribution in [0.4, 0.5) is 0 Å². The van der Waals surface area contributed by atoms with Crippen molar-refractivity contribution >= 4 is 11.8 Å². The molecule has 0 aromatic rings. The lowest BCUT2D eigenvalue weighted by Crippen LogP contribution is -2.41. The molecule has 1 atom stereocenters. The molecule has 1 fully saturated rings. The third-order valence-electron chi connectivity index (χ3n) is 1.71. The Labute approximate surface area is 70.5 Å². The molecule has 0 bridgehead atoms. The Morgan fingerprint density at radius 2 is 2.08 bits per heavy atom. The van der Waals surface area contributed by atoms with Crippen LogP contribution >= 0.6 is 0 Å². The second kappa shape index (κ2) is 3.53. The number of amides is 2. The van der Waals surface area contributed by atoms with Crippen LogP contribution in [-0.4, -0.2) is 23.9 Å². The van der Waals surface area contributed by atoms with Gasteiger partial charge < -0.3 is 16.8 Å². The number of hydrogen-bond acceptors (Lipinski definition) is 3. The van der Waals surface area contributed by atoms with Gasteiger partial charge in [0.25, 0.3) is 0 Å². The molecule has 0 radical (unpaired) electrons. The lowest BCUT2D eigenvalue weighted by molar-refractivity contribution is -0.126. The number of primary amides is 1. The molecule has 0 aliphatic heterocycles. The van der Waals surface area contributed by atoms with Crippen LogP contribution < -0.4 is 16.8 Å². The van der Waals surface area contributed by atoms with Gasteiger partial charge in [-0.3, -0.25) is 9.59 Å². The molecule has 5 nitrogen and oxygen atoms in total. The van der Waals surface area contributed by atoms with Gasteiger partial charge in [-0.05, 0) is 12.8 Å². The lowest BCUT2D eigenvalue weighted by atomic mass is 10.2. The Hall–Kier alpha value is -1.10. The van der Waals surface area contributed by atoms with Gasteiger partial charge in [0.05, 0.1) is 12.5 Å². The van der Waals surface area contributed by atoms with E-state index in [4.69, 9.17) is 11.5 Å². The van der Waals surface area contributed by atoms with Gasteiger partial charge in [-0.25, -0.2) is 0 Å². The quantitative estimate of drug-likeness (QED) is 0.478. The predicted molar refractivity (Wildman–Crippen MR) is 43.0 cm³/mol. The predicted octanol–water partition coefficient (Wildman–Crippen LogP) is -1.53. The van der Waals surface area contributed by atoms with Crippen molar-refractivity contribution in [1.82, 2.24) is 5.32 Å². The molecule has 5 N–H and O–H groups in total. The average molecular weight is 171 g/mol. The maximum absolute atomic E-state index is 11.0. The normalized spacial score (nSPS) is 18.4. The fourth-order valence-corrected chi connectivity index (χ4v) is 0.815. The molecule has 0 spiro atoms. The first-order chi connectivity index (χ1) is 5.59. The molecule has 2 amide bonds. The summed E-state index contributed by atoms with van der Waals surface area (Å²) in [5, 5.41) is 2.71. The fourth-order valence-electron chi connectivity index (χ4n) is 0.815. The largest absolute Gasteiger partial charge is 0.368 e. The first-order valence-electron chi connectivity index (χ1n) is 3.94. The highest BCUT2D eigenvalue weighted by atomic mass is 16.2. The molecule has 1 aliphatic rings. The number of nitrogens with two attached hydrogens (primary N) is 2. The van der Waals surface area contributed by atoms with E-state index in [1.54, 1.807) is 0 Å². The van der Waals surface area contributed by atoms with Crippen LogP contribution in [0.2, 0.25) is 0 Å². The highest BCUT2D eigenvalue weighted by Gasteiger charge is 2.24. The SMILES string of the molecule is NC(=O)C(N)CC(=O)NC1CC1. The van der Waals surface area contributed by atoms with Gasteiger partial charge in [-0.1, -0.05) is 0 Å². The summed E-state index contributed by atoms with van der Waals surface area (Å²) < 4.78 is 0. The molecule has 0 heterocycles. The standard InChI is InChI=1S/C7H13N3O2/c8-5(7(9)12)3-6(11)10-4-1-2-4/h4-5H,1-3,8H2,(H2,9,12)(H,10,11). The van der Waals surface area contributed by atoms with Crippen LogP contribution in [0, 0.1) is 0 Å². The molecule has 5 heteroatoms. The molecular weight excluding hydrogens is 158 g/mol. The van der Waals surface area contributed by atoms with E-state index in [-0.39, 0.29) is 12.3 Å². The minimum atomic E-state index is -0.858. The van der Waals surface area contributed by atoms with Gasteiger partial charge in [0.15, 0.2) is 0 Å². The Balaban J connectivity index is 2.19. The molecule has 0 aromatic carbocycles. The lowest BCUT2D eigenvalue weighted by Gasteiger charge is -2.06. The number of carbonyl (C=O) groups is 2. The van der Waals surface area contributed by atoms with Crippen LogP contribution in [0.5, 0.6) is 0 Å². The molecule has 0 saturated heterocycles. The number of nitrogens with one attached hydrogen (secondary N) is 1. The van der Waals surface area contributed by atoms with Crippen molar-refractivity contribution in [3.8, 4) is 0 Å². The van der Waals surface area contributed by atoms with E-state index in [0.717, 1.165) is 12.8 Å². The molecule has 1 saturated carbocycles. The van der Waals surface area contributed by atoms with Gasteiger partial charge in [0.1, 0.15) is 0 Å². The Kier molecular flexibility index (Phi) is 2.65. The fraction of sp³-hybridized carbons (Fsp3) is 0.714. The van der Waals surface area contributed by atoms with Crippen molar-refractivity contribution in [1.29, 1.82) is 0 Å². The summed E-state index contributed by atoms with van der Waals surface area (Å²) in [6.07, 6.45) is 2.04. The van der Waals surface area contributed by atoms with E-state index in [0.29, 0.717) is 6.04 Å². The smallest absolute Gasteiger partial charge is 0.234 e. The second-order valence-electron chi connectivity index (χ2n) is 3.05. The first-order valence-corrected chi connectivity index (χ1v) is 3.94. The third-order valence-corrected chi connectivity index (χ3v) is 1.71. The summed E-state index contributed by atoms with van der Waals surface area (Å²) in [7, 11) is 0. The molecule has 1 unspecified atom stereocenters. The van der Waals surface area contributed by atoms with Crippen LogP contribution in [0.15, 0.2) is 0 Å². The van der Waals surface area contributed by atoms with Crippen LogP contribution in [0.3, 0.4) is 0 Å². The molecule has 12 heavy (non-hydrogen) atoms. The summed E-state index contributed by atoms with van der Waals surface area (Å²) in [5.74, 6) is -0.829. The van der Waals surface area contributed by atoms with Crippen molar-refractivity contribution in [3.63, 3.8) is 0 Å². The highest BCUT2D eigenvalue weighted by Crippen LogP contribution is 2.18. The van der Waals surface area contributed by atoms with E-state index in [9.17, 15) is 9.59 Å². The topological polar surface area (TPSA) is 98.2 Å². The van der Waals surface area contributed by atoms with E-state index in [1.165, 1.54) is 0 Å².